The minimum Gasteiger partial charge on any atom is -0.494 e. The number of nitrogens with two attached hydrogens (primary N) is 1. The molecule has 0 atom stereocenters. The number of carbonyl (C=O) groups is 1. The van der Waals surface area contributed by atoms with Crippen molar-refractivity contribution in [3.63, 3.8) is 0 Å². The minimum atomic E-state index is -0.00444. The maximum absolute atomic E-state index is 11.2. The zero-order valence-electron chi connectivity index (χ0n) is 20.4. The van der Waals surface area contributed by atoms with E-state index < -0.39 is 0 Å². The molecule has 35 heavy (non-hydrogen) atoms. The fraction of sp³-hybridized carbons (Fsp3) is 0.300. The molecule has 0 spiro atoms. The van der Waals surface area contributed by atoms with Gasteiger partial charge in [0.1, 0.15) is 11.5 Å². The second-order valence-corrected chi connectivity index (χ2v) is 8.78. The summed E-state index contributed by atoms with van der Waals surface area (Å²) >= 11 is 0. The lowest BCUT2D eigenvalue weighted by molar-refractivity contribution is -0.118. The number of unbranched alkanes of at least 4 members (excludes halogenated alkanes) is 1. The van der Waals surface area contributed by atoms with E-state index in [-0.39, 0.29) is 5.91 Å². The number of ether oxygens (including phenoxy) is 2. The molecule has 0 aliphatic rings. The van der Waals surface area contributed by atoms with Crippen molar-refractivity contribution < 1.29 is 14.3 Å². The van der Waals surface area contributed by atoms with E-state index in [1.807, 2.05) is 12.1 Å². The first-order valence-corrected chi connectivity index (χ1v) is 12.4. The molecule has 4 aromatic carbocycles. The Hall–Kier alpha value is -3.57. The van der Waals surface area contributed by atoms with Gasteiger partial charge < -0.3 is 20.5 Å². The number of carbonyl (C=O) groups excluding carboxylic acids is 1. The number of hydrogen-bond acceptors (Lipinski definition) is 4. The van der Waals surface area contributed by atoms with E-state index in [1.54, 1.807) is 6.92 Å². The van der Waals surface area contributed by atoms with Crippen LogP contribution in [0.5, 0.6) is 11.5 Å². The molecule has 1 amide bonds. The molecule has 4 aromatic rings. The molecule has 182 valence electrons. The molecule has 3 N–H and O–H groups in total. The molecule has 0 saturated carbocycles. The zero-order chi connectivity index (χ0) is 24.5. The summed E-state index contributed by atoms with van der Waals surface area (Å²) in [5.74, 6) is 1.76. The highest BCUT2D eigenvalue weighted by atomic mass is 16.5. The zero-order valence-corrected chi connectivity index (χ0v) is 20.4. The quantitative estimate of drug-likeness (QED) is 0.272. The molecular formula is C30H34N2O3. The van der Waals surface area contributed by atoms with Crippen molar-refractivity contribution >= 4 is 27.5 Å². The Labute approximate surface area is 207 Å². The number of amides is 1. The van der Waals surface area contributed by atoms with Gasteiger partial charge in [-0.25, -0.2) is 0 Å². The lowest BCUT2D eigenvalue weighted by atomic mass is 10.0. The van der Waals surface area contributed by atoms with E-state index in [4.69, 9.17) is 15.2 Å². The Balaban J connectivity index is 1.26. The van der Waals surface area contributed by atoms with Gasteiger partial charge in [-0.05, 0) is 89.2 Å². The summed E-state index contributed by atoms with van der Waals surface area (Å²) in [6, 6.07) is 25.1. The van der Waals surface area contributed by atoms with Crippen LogP contribution in [0.15, 0.2) is 72.8 Å². The molecule has 0 radical (unpaired) electrons. The number of rotatable bonds is 12. The van der Waals surface area contributed by atoms with E-state index in [0.29, 0.717) is 26.3 Å². The van der Waals surface area contributed by atoms with Crippen molar-refractivity contribution in [1.82, 2.24) is 5.32 Å². The van der Waals surface area contributed by atoms with Crippen molar-refractivity contribution in [1.29, 1.82) is 0 Å². The minimum absolute atomic E-state index is 0.00444. The molecule has 0 bridgehead atoms. The van der Waals surface area contributed by atoms with E-state index in [0.717, 1.165) is 37.2 Å². The maximum atomic E-state index is 11.2. The highest BCUT2D eigenvalue weighted by Gasteiger charge is 2.05. The third kappa shape index (κ3) is 6.74. The van der Waals surface area contributed by atoms with Gasteiger partial charge >= 0.3 is 0 Å². The summed E-state index contributed by atoms with van der Waals surface area (Å²) in [7, 11) is 0. The average Bonchev–Trinajstić information content (AvgIpc) is 2.86. The molecule has 0 aliphatic carbocycles. The standard InChI is InChI=1S/C30H34N2O3/c1-22(33)32-17-15-26-9-5-7-24-11-13-28(21-30(24)26)35-19-3-2-18-34-27-12-10-23-6-4-8-25(14-16-31)29(23)20-27/h4-13,20-21H,2-3,14-19,31H2,1H3,(H,32,33). The van der Waals surface area contributed by atoms with Crippen molar-refractivity contribution in [2.24, 2.45) is 5.73 Å². The molecule has 0 unspecified atom stereocenters. The van der Waals surface area contributed by atoms with E-state index in [2.05, 4.69) is 66.0 Å². The Bertz CT molecular complexity index is 1290. The van der Waals surface area contributed by atoms with E-state index in [1.165, 1.54) is 32.7 Å². The number of nitrogens with one attached hydrogen (secondary N) is 1. The van der Waals surface area contributed by atoms with Crippen LogP contribution >= 0.6 is 0 Å². The van der Waals surface area contributed by atoms with Crippen LogP contribution in [0.4, 0.5) is 0 Å². The Kier molecular flexibility index (Phi) is 8.58. The van der Waals surface area contributed by atoms with Crippen molar-refractivity contribution in [2.75, 3.05) is 26.3 Å². The first kappa shape index (κ1) is 24.6. The van der Waals surface area contributed by atoms with Crippen LogP contribution in [0.2, 0.25) is 0 Å². The average molecular weight is 471 g/mol. The Morgan fingerprint density at radius 3 is 1.83 bits per heavy atom. The second-order valence-electron chi connectivity index (χ2n) is 8.78. The monoisotopic (exact) mass is 470 g/mol. The second kappa shape index (κ2) is 12.2. The normalized spacial score (nSPS) is 11.0. The summed E-state index contributed by atoms with van der Waals surface area (Å²) in [5.41, 5.74) is 8.24. The van der Waals surface area contributed by atoms with Gasteiger partial charge in [-0.1, -0.05) is 48.5 Å². The molecule has 4 rings (SSSR count). The SMILES string of the molecule is CC(=O)NCCc1cccc2ccc(OCCCCOc3ccc4cccc(CCN)c4c3)cc12. The largest absolute Gasteiger partial charge is 0.494 e. The van der Waals surface area contributed by atoms with E-state index in [9.17, 15) is 4.79 Å². The fourth-order valence-corrected chi connectivity index (χ4v) is 4.36. The van der Waals surface area contributed by atoms with Gasteiger partial charge in [0, 0.05) is 13.5 Å². The van der Waals surface area contributed by atoms with Gasteiger partial charge in [-0.3, -0.25) is 4.79 Å². The van der Waals surface area contributed by atoms with Crippen LogP contribution in [-0.4, -0.2) is 32.2 Å². The summed E-state index contributed by atoms with van der Waals surface area (Å²) in [6.07, 6.45) is 3.48. The van der Waals surface area contributed by atoms with Crippen LogP contribution in [0.1, 0.15) is 30.9 Å². The first-order chi connectivity index (χ1) is 17.1. The summed E-state index contributed by atoms with van der Waals surface area (Å²) in [6.45, 7) is 4.10. The van der Waals surface area contributed by atoms with E-state index >= 15 is 0 Å². The predicted octanol–water partition coefficient (Wildman–Crippen LogP) is 5.41. The van der Waals surface area contributed by atoms with Crippen molar-refractivity contribution in [3.8, 4) is 11.5 Å². The highest BCUT2D eigenvalue weighted by Crippen LogP contribution is 2.26. The fourth-order valence-electron chi connectivity index (χ4n) is 4.36. The molecular weight excluding hydrogens is 436 g/mol. The molecule has 0 fully saturated rings. The molecule has 5 nitrogen and oxygen atoms in total. The van der Waals surface area contributed by atoms with Crippen molar-refractivity contribution in [3.05, 3.63) is 83.9 Å². The lowest BCUT2D eigenvalue weighted by Gasteiger charge is -2.11. The van der Waals surface area contributed by atoms with Crippen LogP contribution in [-0.2, 0) is 17.6 Å². The van der Waals surface area contributed by atoms with Crippen LogP contribution in [0, 0.1) is 0 Å². The maximum Gasteiger partial charge on any atom is 0.216 e. The van der Waals surface area contributed by atoms with Gasteiger partial charge in [-0.2, -0.15) is 0 Å². The van der Waals surface area contributed by atoms with Crippen LogP contribution in [0.25, 0.3) is 21.5 Å². The summed E-state index contributed by atoms with van der Waals surface area (Å²) in [4.78, 5) is 11.2. The third-order valence-electron chi connectivity index (χ3n) is 6.15. The smallest absolute Gasteiger partial charge is 0.216 e. The predicted molar refractivity (Wildman–Crippen MR) is 143 cm³/mol. The van der Waals surface area contributed by atoms with Gasteiger partial charge in [-0.15, -0.1) is 0 Å². The van der Waals surface area contributed by atoms with Gasteiger partial charge in [0.15, 0.2) is 0 Å². The summed E-state index contributed by atoms with van der Waals surface area (Å²) < 4.78 is 12.0. The number of hydrogen-bond donors (Lipinski definition) is 2. The van der Waals surface area contributed by atoms with Gasteiger partial charge in [0.25, 0.3) is 0 Å². The Morgan fingerprint density at radius 2 is 1.31 bits per heavy atom. The topological polar surface area (TPSA) is 73.6 Å². The highest BCUT2D eigenvalue weighted by molar-refractivity contribution is 5.88. The molecule has 0 saturated heterocycles. The number of fused-ring (bicyclic) bond motifs is 2. The molecule has 5 heteroatoms. The molecule has 0 aliphatic heterocycles. The summed E-state index contributed by atoms with van der Waals surface area (Å²) in [5, 5.41) is 7.64. The molecule has 0 heterocycles. The third-order valence-corrected chi connectivity index (χ3v) is 6.15. The van der Waals surface area contributed by atoms with Crippen LogP contribution < -0.4 is 20.5 Å². The molecule has 0 aromatic heterocycles. The lowest BCUT2D eigenvalue weighted by Crippen LogP contribution is -2.22. The van der Waals surface area contributed by atoms with Crippen molar-refractivity contribution in [2.45, 2.75) is 32.6 Å². The number of benzene rings is 4. The van der Waals surface area contributed by atoms with Crippen LogP contribution in [0.3, 0.4) is 0 Å². The first-order valence-electron chi connectivity index (χ1n) is 12.4. The van der Waals surface area contributed by atoms with Gasteiger partial charge in [0.2, 0.25) is 5.91 Å². The Morgan fingerprint density at radius 1 is 0.771 bits per heavy atom. The van der Waals surface area contributed by atoms with Gasteiger partial charge in [0.05, 0.1) is 13.2 Å².